The van der Waals surface area contributed by atoms with E-state index in [0.29, 0.717) is 0 Å². The van der Waals surface area contributed by atoms with Crippen LogP contribution in [0.5, 0.6) is 0 Å². The van der Waals surface area contributed by atoms with Crippen molar-refractivity contribution in [3.63, 3.8) is 0 Å². The zero-order chi connectivity index (χ0) is 12.5. The molecule has 3 nitrogen and oxygen atoms in total. The van der Waals surface area contributed by atoms with Crippen molar-refractivity contribution in [2.45, 2.75) is 69.1 Å². The van der Waals surface area contributed by atoms with Crippen LogP contribution in [0.4, 0.5) is 0 Å². The van der Waals surface area contributed by atoms with Gasteiger partial charge in [0.2, 0.25) is 0 Å². The van der Waals surface area contributed by atoms with E-state index >= 15 is 0 Å². The van der Waals surface area contributed by atoms with Crippen molar-refractivity contribution in [2.75, 3.05) is 27.2 Å². The van der Waals surface area contributed by atoms with Gasteiger partial charge in [-0.05, 0) is 59.2 Å². The molecular formula is C15H29N3. The molecule has 1 N–H and O–H groups in total. The fourth-order valence-electron chi connectivity index (χ4n) is 4.32. The van der Waals surface area contributed by atoms with Gasteiger partial charge in [0.1, 0.15) is 0 Å². The summed E-state index contributed by atoms with van der Waals surface area (Å²) in [6, 6.07) is 3.33. The molecule has 3 fully saturated rings. The van der Waals surface area contributed by atoms with Crippen LogP contribution in [0.25, 0.3) is 0 Å². The van der Waals surface area contributed by atoms with Gasteiger partial charge < -0.3 is 15.1 Å². The van der Waals surface area contributed by atoms with Crippen LogP contribution < -0.4 is 5.32 Å². The van der Waals surface area contributed by atoms with Gasteiger partial charge in [0.05, 0.1) is 0 Å². The largest absolute Gasteiger partial charge is 0.313 e. The van der Waals surface area contributed by atoms with Gasteiger partial charge in [-0.1, -0.05) is 6.42 Å². The predicted octanol–water partition coefficient (Wildman–Crippen LogP) is 1.69. The minimum atomic E-state index is 0.751. The van der Waals surface area contributed by atoms with E-state index < -0.39 is 0 Å². The van der Waals surface area contributed by atoms with E-state index in [1.165, 1.54) is 58.0 Å². The Morgan fingerprint density at radius 1 is 1.11 bits per heavy atom. The number of likely N-dealkylation sites (N-methyl/N-ethyl adjacent to an activating group) is 1. The Morgan fingerprint density at radius 2 is 1.83 bits per heavy atom. The molecule has 0 saturated carbocycles. The maximum absolute atomic E-state index is 3.68. The second-order valence-electron chi connectivity index (χ2n) is 6.76. The van der Waals surface area contributed by atoms with Crippen molar-refractivity contribution in [1.82, 2.24) is 15.1 Å². The zero-order valence-corrected chi connectivity index (χ0v) is 12.1. The maximum atomic E-state index is 3.68. The van der Waals surface area contributed by atoms with Gasteiger partial charge in [-0.2, -0.15) is 0 Å². The summed E-state index contributed by atoms with van der Waals surface area (Å²) in [7, 11) is 4.69. The fourth-order valence-corrected chi connectivity index (χ4v) is 4.32. The molecule has 18 heavy (non-hydrogen) atoms. The molecule has 3 saturated heterocycles. The van der Waals surface area contributed by atoms with E-state index in [9.17, 15) is 0 Å². The van der Waals surface area contributed by atoms with Crippen molar-refractivity contribution in [3.8, 4) is 0 Å². The van der Waals surface area contributed by atoms with Crippen molar-refractivity contribution in [2.24, 2.45) is 0 Å². The molecule has 0 aromatic rings. The lowest BCUT2D eigenvalue weighted by molar-refractivity contribution is 0.0828. The second kappa shape index (κ2) is 5.48. The fraction of sp³-hybridized carbons (Fsp3) is 1.00. The van der Waals surface area contributed by atoms with Crippen LogP contribution in [-0.2, 0) is 0 Å². The highest BCUT2D eigenvalue weighted by molar-refractivity contribution is 4.96. The number of fused-ring (bicyclic) bond motifs is 2. The van der Waals surface area contributed by atoms with Crippen LogP contribution in [0, 0.1) is 0 Å². The van der Waals surface area contributed by atoms with Gasteiger partial charge in [-0.3, -0.25) is 0 Å². The number of hydrogen-bond donors (Lipinski definition) is 1. The minimum Gasteiger partial charge on any atom is -0.313 e. The molecule has 3 heteroatoms. The van der Waals surface area contributed by atoms with Gasteiger partial charge in [0.15, 0.2) is 0 Å². The van der Waals surface area contributed by atoms with E-state index in [0.717, 1.165) is 24.2 Å². The molecule has 3 rings (SSSR count). The van der Waals surface area contributed by atoms with Gasteiger partial charge in [-0.25, -0.2) is 0 Å². The summed E-state index contributed by atoms with van der Waals surface area (Å²) < 4.78 is 0. The van der Waals surface area contributed by atoms with Crippen molar-refractivity contribution < 1.29 is 0 Å². The standard InChI is InChI=1S/C15H29N3/c1-17(11-12-5-3-4-8-16-12)15-9-13-6-7-14(10-15)18(13)2/h12-16H,3-11H2,1-2H3. The maximum Gasteiger partial charge on any atom is 0.0195 e. The lowest BCUT2D eigenvalue weighted by atomic mass is 9.95. The zero-order valence-electron chi connectivity index (χ0n) is 12.1. The molecule has 2 bridgehead atoms. The molecule has 0 spiro atoms. The quantitative estimate of drug-likeness (QED) is 0.823. The monoisotopic (exact) mass is 251 g/mol. The molecule has 3 aliphatic heterocycles. The van der Waals surface area contributed by atoms with Crippen molar-refractivity contribution in [1.29, 1.82) is 0 Å². The second-order valence-corrected chi connectivity index (χ2v) is 6.76. The first kappa shape index (κ1) is 12.9. The van der Waals surface area contributed by atoms with Crippen LogP contribution in [0.2, 0.25) is 0 Å². The van der Waals surface area contributed by atoms with E-state index in [4.69, 9.17) is 0 Å². The Balaban J connectivity index is 1.52. The highest BCUT2D eigenvalue weighted by Gasteiger charge is 2.39. The highest BCUT2D eigenvalue weighted by atomic mass is 15.2. The summed E-state index contributed by atoms with van der Waals surface area (Å²) in [6.45, 7) is 2.49. The Kier molecular flexibility index (Phi) is 3.92. The van der Waals surface area contributed by atoms with Crippen LogP contribution >= 0.6 is 0 Å². The molecule has 104 valence electrons. The van der Waals surface area contributed by atoms with Gasteiger partial charge >= 0.3 is 0 Å². The summed E-state index contributed by atoms with van der Waals surface area (Å²) >= 11 is 0. The number of piperidine rings is 2. The Labute approximate surface area is 112 Å². The van der Waals surface area contributed by atoms with E-state index in [1.54, 1.807) is 0 Å². The molecule has 0 radical (unpaired) electrons. The average molecular weight is 251 g/mol. The van der Waals surface area contributed by atoms with Crippen molar-refractivity contribution >= 4 is 0 Å². The summed E-state index contributed by atoms with van der Waals surface area (Å²) in [6.07, 6.45) is 9.85. The summed E-state index contributed by atoms with van der Waals surface area (Å²) in [5.41, 5.74) is 0. The first-order valence-corrected chi connectivity index (χ1v) is 7.89. The molecule has 0 amide bonds. The third kappa shape index (κ3) is 2.59. The van der Waals surface area contributed by atoms with E-state index in [-0.39, 0.29) is 0 Å². The number of rotatable bonds is 3. The molecule has 0 aromatic carbocycles. The molecule has 3 heterocycles. The Morgan fingerprint density at radius 3 is 2.44 bits per heavy atom. The van der Waals surface area contributed by atoms with E-state index in [1.807, 2.05) is 0 Å². The van der Waals surface area contributed by atoms with Gasteiger partial charge in [0.25, 0.3) is 0 Å². The first-order valence-electron chi connectivity index (χ1n) is 7.89. The minimum absolute atomic E-state index is 0.751. The summed E-state index contributed by atoms with van der Waals surface area (Å²) in [4.78, 5) is 5.30. The van der Waals surface area contributed by atoms with Crippen LogP contribution in [0.1, 0.15) is 44.9 Å². The lowest BCUT2D eigenvalue weighted by Gasteiger charge is -2.41. The highest BCUT2D eigenvalue weighted by Crippen LogP contribution is 2.36. The van der Waals surface area contributed by atoms with Gasteiger partial charge in [-0.15, -0.1) is 0 Å². The number of nitrogens with zero attached hydrogens (tertiary/aromatic N) is 2. The third-order valence-corrected chi connectivity index (χ3v) is 5.62. The van der Waals surface area contributed by atoms with Crippen LogP contribution in [-0.4, -0.2) is 61.2 Å². The summed E-state index contributed by atoms with van der Waals surface area (Å²) in [5, 5.41) is 3.68. The number of nitrogens with one attached hydrogen (secondary N) is 1. The molecule has 0 aromatic heterocycles. The van der Waals surface area contributed by atoms with E-state index in [2.05, 4.69) is 29.2 Å². The predicted molar refractivity (Wildman–Crippen MR) is 75.9 cm³/mol. The molecule has 0 aliphatic carbocycles. The SMILES string of the molecule is CN(CC1CCCCN1)C1CC2CCC(C1)N2C. The third-order valence-electron chi connectivity index (χ3n) is 5.62. The molecular weight excluding hydrogens is 222 g/mol. The summed E-state index contributed by atoms with van der Waals surface area (Å²) in [5.74, 6) is 0. The first-order chi connectivity index (χ1) is 8.74. The molecule has 3 unspecified atom stereocenters. The average Bonchev–Trinajstić information content (AvgIpc) is 2.63. The Bertz CT molecular complexity index is 261. The Hall–Kier alpha value is -0.120. The molecule has 3 atom stereocenters. The molecule has 3 aliphatic rings. The lowest BCUT2D eigenvalue weighted by Crippen LogP contribution is -2.51. The normalized spacial score (nSPS) is 41.5. The smallest absolute Gasteiger partial charge is 0.0195 e. The number of hydrogen-bond acceptors (Lipinski definition) is 3. The van der Waals surface area contributed by atoms with Crippen LogP contribution in [0.3, 0.4) is 0 Å². The topological polar surface area (TPSA) is 18.5 Å². The van der Waals surface area contributed by atoms with Crippen molar-refractivity contribution in [3.05, 3.63) is 0 Å². The van der Waals surface area contributed by atoms with Crippen LogP contribution in [0.15, 0.2) is 0 Å². The van der Waals surface area contributed by atoms with Gasteiger partial charge in [0, 0.05) is 30.7 Å².